The molecule has 102 valence electrons. The van der Waals surface area contributed by atoms with E-state index in [-0.39, 0.29) is 0 Å². The lowest BCUT2D eigenvalue weighted by molar-refractivity contribution is 0.346. The van der Waals surface area contributed by atoms with Crippen LogP contribution in [0.3, 0.4) is 0 Å². The maximum absolute atomic E-state index is 6.20. The summed E-state index contributed by atoms with van der Waals surface area (Å²) in [6.45, 7) is 0. The summed E-state index contributed by atoms with van der Waals surface area (Å²) in [7, 11) is 0. The van der Waals surface area contributed by atoms with Gasteiger partial charge < -0.3 is 10.6 Å². The maximum atomic E-state index is 6.20. The average molecular weight is 303 g/mol. The average Bonchev–Trinajstić information content (AvgIpc) is 2.42. The molecule has 2 N–H and O–H groups in total. The second kappa shape index (κ2) is 4.69. The predicted molar refractivity (Wildman–Crippen MR) is 85.2 cm³/mol. The standard InChI is InChI=1S/C16H15ClN2S/c17-10-5-6-16-14(7-10)19(12-8-11(18)9-12)13-3-1-2-4-15(13)20-16/h1-7,11-12H,8-9,18H2. The van der Waals surface area contributed by atoms with Crippen LogP contribution in [0.25, 0.3) is 0 Å². The smallest absolute Gasteiger partial charge is 0.0570 e. The predicted octanol–water partition coefficient (Wildman–Crippen LogP) is 4.43. The molecule has 0 unspecified atom stereocenters. The fourth-order valence-electron chi connectivity index (χ4n) is 2.99. The fourth-order valence-corrected chi connectivity index (χ4v) is 4.21. The molecule has 0 aromatic heterocycles. The van der Waals surface area contributed by atoms with Crippen molar-refractivity contribution in [3.8, 4) is 0 Å². The molecule has 0 bridgehead atoms. The number of fused-ring (bicyclic) bond motifs is 2. The molecule has 0 spiro atoms. The largest absolute Gasteiger partial charge is 0.336 e. The third-order valence-corrected chi connectivity index (χ3v) is 5.41. The monoisotopic (exact) mass is 302 g/mol. The number of rotatable bonds is 1. The summed E-state index contributed by atoms with van der Waals surface area (Å²) in [5.41, 5.74) is 8.49. The quantitative estimate of drug-likeness (QED) is 0.845. The lowest BCUT2D eigenvalue weighted by Crippen LogP contribution is -2.49. The van der Waals surface area contributed by atoms with Gasteiger partial charge in [-0.1, -0.05) is 35.5 Å². The fraction of sp³-hybridized carbons (Fsp3) is 0.250. The minimum absolute atomic E-state index is 0.337. The second-order valence-electron chi connectivity index (χ2n) is 5.44. The van der Waals surface area contributed by atoms with Crippen LogP contribution in [-0.2, 0) is 0 Å². The SMILES string of the molecule is NC1CC(N2c3ccccc3Sc3ccc(Cl)cc32)C1. The Morgan fingerprint density at radius 2 is 1.80 bits per heavy atom. The lowest BCUT2D eigenvalue weighted by Gasteiger charge is -2.45. The van der Waals surface area contributed by atoms with Crippen molar-refractivity contribution in [3.63, 3.8) is 0 Å². The van der Waals surface area contributed by atoms with Crippen molar-refractivity contribution in [1.82, 2.24) is 0 Å². The van der Waals surface area contributed by atoms with E-state index in [0.29, 0.717) is 12.1 Å². The van der Waals surface area contributed by atoms with Crippen LogP contribution in [0.15, 0.2) is 52.3 Å². The summed E-state index contributed by atoms with van der Waals surface area (Å²) in [5.74, 6) is 0. The van der Waals surface area contributed by atoms with Crippen molar-refractivity contribution in [2.24, 2.45) is 5.73 Å². The number of halogens is 1. The molecular weight excluding hydrogens is 288 g/mol. The van der Waals surface area contributed by atoms with Gasteiger partial charge in [0.05, 0.1) is 11.4 Å². The van der Waals surface area contributed by atoms with Gasteiger partial charge >= 0.3 is 0 Å². The zero-order valence-electron chi connectivity index (χ0n) is 10.9. The molecule has 1 heterocycles. The molecule has 2 nitrogen and oxygen atoms in total. The molecule has 2 aromatic rings. The van der Waals surface area contributed by atoms with Crippen molar-refractivity contribution in [3.05, 3.63) is 47.5 Å². The molecule has 1 aliphatic heterocycles. The van der Waals surface area contributed by atoms with Crippen LogP contribution < -0.4 is 10.6 Å². The lowest BCUT2D eigenvalue weighted by atomic mass is 9.85. The van der Waals surface area contributed by atoms with Crippen LogP contribution in [0.5, 0.6) is 0 Å². The van der Waals surface area contributed by atoms with E-state index in [1.807, 2.05) is 17.8 Å². The molecule has 0 radical (unpaired) electrons. The van der Waals surface area contributed by atoms with Gasteiger partial charge in [-0.2, -0.15) is 0 Å². The first kappa shape index (κ1) is 12.6. The van der Waals surface area contributed by atoms with E-state index >= 15 is 0 Å². The Labute approximate surface area is 127 Å². The molecule has 0 amide bonds. The number of anilines is 2. The van der Waals surface area contributed by atoms with E-state index in [0.717, 1.165) is 17.9 Å². The topological polar surface area (TPSA) is 29.3 Å². The van der Waals surface area contributed by atoms with Crippen LogP contribution in [0.1, 0.15) is 12.8 Å². The highest BCUT2D eigenvalue weighted by atomic mass is 35.5. The van der Waals surface area contributed by atoms with E-state index in [2.05, 4.69) is 41.3 Å². The molecule has 4 rings (SSSR count). The van der Waals surface area contributed by atoms with Crippen molar-refractivity contribution in [2.45, 2.75) is 34.7 Å². The van der Waals surface area contributed by atoms with E-state index in [4.69, 9.17) is 17.3 Å². The molecule has 2 aliphatic rings. The molecular formula is C16H15ClN2S. The third-order valence-electron chi connectivity index (χ3n) is 4.04. The zero-order valence-corrected chi connectivity index (χ0v) is 12.5. The second-order valence-corrected chi connectivity index (χ2v) is 6.96. The Morgan fingerprint density at radius 1 is 1.05 bits per heavy atom. The molecule has 4 heteroatoms. The highest BCUT2D eigenvalue weighted by molar-refractivity contribution is 7.99. The number of para-hydroxylation sites is 1. The van der Waals surface area contributed by atoms with Crippen molar-refractivity contribution >= 4 is 34.7 Å². The molecule has 0 atom stereocenters. The first-order valence-corrected chi connectivity index (χ1v) is 8.03. The highest BCUT2D eigenvalue weighted by Gasteiger charge is 2.36. The molecule has 1 aliphatic carbocycles. The number of hydrogen-bond acceptors (Lipinski definition) is 3. The van der Waals surface area contributed by atoms with Crippen LogP contribution in [0.2, 0.25) is 5.02 Å². The van der Waals surface area contributed by atoms with Crippen LogP contribution in [0, 0.1) is 0 Å². The Balaban J connectivity index is 1.85. The van der Waals surface area contributed by atoms with E-state index in [9.17, 15) is 0 Å². The number of nitrogens with two attached hydrogens (primary N) is 1. The Hall–Kier alpha value is -1.16. The zero-order chi connectivity index (χ0) is 13.7. The van der Waals surface area contributed by atoms with E-state index in [1.165, 1.54) is 21.2 Å². The van der Waals surface area contributed by atoms with Crippen molar-refractivity contribution in [2.75, 3.05) is 4.90 Å². The van der Waals surface area contributed by atoms with Gasteiger partial charge in [0.2, 0.25) is 0 Å². The Morgan fingerprint density at radius 3 is 2.60 bits per heavy atom. The number of nitrogens with zero attached hydrogens (tertiary/aromatic N) is 1. The van der Waals surface area contributed by atoms with Gasteiger partial charge in [-0.15, -0.1) is 0 Å². The summed E-state index contributed by atoms with van der Waals surface area (Å²) in [6, 6.07) is 15.5. The number of benzene rings is 2. The first-order valence-electron chi connectivity index (χ1n) is 6.83. The number of hydrogen-bond donors (Lipinski definition) is 1. The highest BCUT2D eigenvalue weighted by Crippen LogP contribution is 2.51. The summed E-state index contributed by atoms with van der Waals surface area (Å²) in [4.78, 5) is 5.01. The first-order chi connectivity index (χ1) is 9.72. The van der Waals surface area contributed by atoms with Gasteiger partial charge in [0, 0.05) is 26.9 Å². The maximum Gasteiger partial charge on any atom is 0.0570 e. The minimum atomic E-state index is 0.337. The van der Waals surface area contributed by atoms with Gasteiger partial charge in [-0.3, -0.25) is 0 Å². The molecule has 2 aromatic carbocycles. The van der Waals surface area contributed by atoms with Crippen molar-refractivity contribution < 1.29 is 0 Å². The Bertz CT molecular complexity index is 667. The molecule has 1 fully saturated rings. The summed E-state index contributed by atoms with van der Waals surface area (Å²) in [6.07, 6.45) is 2.09. The van der Waals surface area contributed by atoms with Crippen molar-refractivity contribution in [1.29, 1.82) is 0 Å². The van der Waals surface area contributed by atoms with E-state index in [1.54, 1.807) is 0 Å². The normalized spacial score (nSPS) is 23.8. The summed E-state index contributed by atoms with van der Waals surface area (Å²) in [5, 5.41) is 0.789. The van der Waals surface area contributed by atoms with Crippen LogP contribution in [-0.4, -0.2) is 12.1 Å². The van der Waals surface area contributed by atoms with E-state index < -0.39 is 0 Å². The minimum Gasteiger partial charge on any atom is -0.336 e. The third kappa shape index (κ3) is 1.93. The van der Waals surface area contributed by atoms with Gasteiger partial charge in [-0.25, -0.2) is 0 Å². The van der Waals surface area contributed by atoms with Crippen LogP contribution in [0.4, 0.5) is 11.4 Å². The molecule has 1 saturated carbocycles. The van der Waals surface area contributed by atoms with Gasteiger partial charge in [0.25, 0.3) is 0 Å². The van der Waals surface area contributed by atoms with Gasteiger partial charge in [0.15, 0.2) is 0 Å². The molecule has 0 saturated heterocycles. The van der Waals surface area contributed by atoms with Gasteiger partial charge in [0.1, 0.15) is 0 Å². The van der Waals surface area contributed by atoms with Gasteiger partial charge in [-0.05, 0) is 43.2 Å². The summed E-state index contributed by atoms with van der Waals surface area (Å²) < 4.78 is 0. The van der Waals surface area contributed by atoms with Crippen LogP contribution >= 0.6 is 23.4 Å². The summed E-state index contributed by atoms with van der Waals surface area (Å²) >= 11 is 8.02. The molecule has 20 heavy (non-hydrogen) atoms. The Kier molecular flexibility index (Phi) is 2.95.